The molecule has 0 aliphatic carbocycles. The van der Waals surface area contributed by atoms with Gasteiger partial charge in [0.05, 0.1) is 12.5 Å². The normalized spacial score (nSPS) is 22.9. The zero-order valence-electron chi connectivity index (χ0n) is 14.3. The van der Waals surface area contributed by atoms with Crippen LogP contribution in [-0.2, 0) is 9.53 Å². The Kier molecular flexibility index (Phi) is 6.49. The number of likely N-dealkylation sites (tertiary alicyclic amines) is 1. The Labute approximate surface area is 144 Å². The fourth-order valence-corrected chi connectivity index (χ4v) is 3.61. The number of nitrogens with zero attached hydrogens (tertiary/aromatic N) is 1. The molecule has 1 atom stereocenters. The smallest absolute Gasteiger partial charge is 0.224 e. The lowest BCUT2D eigenvalue weighted by molar-refractivity contribution is -0.127. The van der Waals surface area contributed by atoms with Crippen LogP contribution in [0.15, 0.2) is 30.3 Å². The Balaban J connectivity index is 1.38. The molecule has 3 rings (SSSR count). The van der Waals surface area contributed by atoms with Crippen LogP contribution in [0.1, 0.15) is 25.7 Å². The van der Waals surface area contributed by atoms with E-state index in [4.69, 9.17) is 9.47 Å². The minimum absolute atomic E-state index is 0.110. The van der Waals surface area contributed by atoms with Crippen LogP contribution in [0.4, 0.5) is 0 Å². The van der Waals surface area contributed by atoms with E-state index in [9.17, 15) is 4.79 Å². The van der Waals surface area contributed by atoms with E-state index in [1.165, 1.54) is 0 Å². The SMILES string of the molecule is O=C(NCCOc1ccccc1)[C@@H]1CCCN(C2CCOCC2)C1. The summed E-state index contributed by atoms with van der Waals surface area (Å²) in [4.78, 5) is 14.9. The Morgan fingerprint density at radius 2 is 2.00 bits per heavy atom. The highest BCUT2D eigenvalue weighted by Gasteiger charge is 2.30. The Bertz CT molecular complexity index is 503. The number of nitrogens with one attached hydrogen (secondary N) is 1. The van der Waals surface area contributed by atoms with Crippen LogP contribution < -0.4 is 10.1 Å². The number of piperidine rings is 1. The first-order chi connectivity index (χ1) is 11.8. The molecule has 0 saturated carbocycles. The van der Waals surface area contributed by atoms with E-state index < -0.39 is 0 Å². The maximum absolute atomic E-state index is 12.4. The molecular weight excluding hydrogens is 304 g/mol. The van der Waals surface area contributed by atoms with Crippen molar-refractivity contribution in [3.05, 3.63) is 30.3 Å². The third-order valence-corrected chi connectivity index (χ3v) is 4.94. The number of benzene rings is 1. The minimum Gasteiger partial charge on any atom is -0.492 e. The lowest BCUT2D eigenvalue weighted by atomic mass is 9.94. The fraction of sp³-hybridized carbons (Fsp3) is 0.632. The maximum Gasteiger partial charge on any atom is 0.224 e. The van der Waals surface area contributed by atoms with Crippen LogP contribution in [-0.4, -0.2) is 56.3 Å². The van der Waals surface area contributed by atoms with Gasteiger partial charge in [-0.15, -0.1) is 0 Å². The molecule has 24 heavy (non-hydrogen) atoms. The summed E-state index contributed by atoms with van der Waals surface area (Å²) >= 11 is 0. The maximum atomic E-state index is 12.4. The van der Waals surface area contributed by atoms with E-state index in [0.29, 0.717) is 19.2 Å². The molecule has 5 heteroatoms. The van der Waals surface area contributed by atoms with Gasteiger partial charge >= 0.3 is 0 Å². The van der Waals surface area contributed by atoms with E-state index >= 15 is 0 Å². The monoisotopic (exact) mass is 332 g/mol. The van der Waals surface area contributed by atoms with Crippen molar-refractivity contribution in [1.82, 2.24) is 10.2 Å². The van der Waals surface area contributed by atoms with Crippen molar-refractivity contribution in [2.45, 2.75) is 31.7 Å². The zero-order valence-corrected chi connectivity index (χ0v) is 14.3. The van der Waals surface area contributed by atoms with Gasteiger partial charge in [0.1, 0.15) is 12.4 Å². The van der Waals surface area contributed by atoms with Gasteiger partial charge in [-0.1, -0.05) is 18.2 Å². The van der Waals surface area contributed by atoms with Gasteiger partial charge in [-0.3, -0.25) is 9.69 Å². The first kappa shape index (κ1) is 17.2. The molecule has 2 aliphatic rings. The second kappa shape index (κ2) is 9.04. The average Bonchev–Trinajstić information content (AvgIpc) is 2.67. The zero-order chi connectivity index (χ0) is 16.6. The molecule has 2 fully saturated rings. The van der Waals surface area contributed by atoms with E-state index in [1.807, 2.05) is 30.3 Å². The van der Waals surface area contributed by atoms with Crippen molar-refractivity contribution in [3.8, 4) is 5.75 Å². The van der Waals surface area contributed by atoms with Crippen molar-refractivity contribution in [3.63, 3.8) is 0 Å². The largest absolute Gasteiger partial charge is 0.492 e. The highest BCUT2D eigenvalue weighted by molar-refractivity contribution is 5.78. The van der Waals surface area contributed by atoms with Gasteiger partial charge in [0.2, 0.25) is 5.91 Å². The minimum atomic E-state index is 0.110. The number of hydrogen-bond acceptors (Lipinski definition) is 4. The van der Waals surface area contributed by atoms with Gasteiger partial charge in [-0.2, -0.15) is 0 Å². The Morgan fingerprint density at radius 3 is 2.79 bits per heavy atom. The molecule has 2 saturated heterocycles. The molecule has 0 aromatic heterocycles. The first-order valence-electron chi connectivity index (χ1n) is 9.10. The molecule has 2 aliphatic heterocycles. The van der Waals surface area contributed by atoms with E-state index in [2.05, 4.69) is 10.2 Å². The van der Waals surface area contributed by atoms with Gasteiger partial charge in [-0.25, -0.2) is 0 Å². The number of rotatable bonds is 6. The van der Waals surface area contributed by atoms with Crippen LogP contribution in [0.2, 0.25) is 0 Å². The van der Waals surface area contributed by atoms with Crippen LogP contribution >= 0.6 is 0 Å². The van der Waals surface area contributed by atoms with E-state index in [-0.39, 0.29) is 11.8 Å². The predicted molar refractivity (Wildman–Crippen MR) is 93.1 cm³/mol. The molecule has 0 unspecified atom stereocenters. The lowest BCUT2D eigenvalue weighted by Crippen LogP contribution is -2.49. The standard InChI is InChI=1S/C19H28N2O3/c22-19(20-10-14-24-18-6-2-1-3-7-18)16-5-4-11-21(15-16)17-8-12-23-13-9-17/h1-3,6-7,16-17H,4-5,8-15H2,(H,20,22)/t16-/m1/s1. The highest BCUT2D eigenvalue weighted by atomic mass is 16.5. The van der Waals surface area contributed by atoms with Gasteiger partial charge in [0.25, 0.3) is 0 Å². The number of para-hydroxylation sites is 1. The van der Waals surface area contributed by atoms with Gasteiger partial charge in [0, 0.05) is 25.8 Å². The Hall–Kier alpha value is -1.59. The van der Waals surface area contributed by atoms with Crippen molar-refractivity contribution in [2.24, 2.45) is 5.92 Å². The molecule has 0 radical (unpaired) electrons. The summed E-state index contributed by atoms with van der Waals surface area (Å²) in [6.45, 7) is 4.78. The summed E-state index contributed by atoms with van der Waals surface area (Å²) in [6.07, 6.45) is 4.29. The fourth-order valence-electron chi connectivity index (χ4n) is 3.61. The quantitative estimate of drug-likeness (QED) is 0.810. The van der Waals surface area contributed by atoms with Gasteiger partial charge < -0.3 is 14.8 Å². The molecular formula is C19H28N2O3. The van der Waals surface area contributed by atoms with Crippen LogP contribution in [0.3, 0.4) is 0 Å². The second-order valence-corrected chi connectivity index (χ2v) is 6.63. The van der Waals surface area contributed by atoms with Gasteiger partial charge in [-0.05, 0) is 44.4 Å². The van der Waals surface area contributed by atoms with Crippen molar-refractivity contribution in [2.75, 3.05) is 39.5 Å². The summed E-state index contributed by atoms with van der Waals surface area (Å²) < 4.78 is 11.1. The molecule has 1 aromatic rings. The number of ether oxygens (including phenoxy) is 2. The summed E-state index contributed by atoms with van der Waals surface area (Å²) in [5, 5.41) is 3.03. The van der Waals surface area contributed by atoms with Gasteiger partial charge in [0.15, 0.2) is 0 Å². The van der Waals surface area contributed by atoms with Crippen LogP contribution in [0.25, 0.3) is 0 Å². The first-order valence-corrected chi connectivity index (χ1v) is 9.10. The molecule has 2 heterocycles. The Morgan fingerprint density at radius 1 is 1.21 bits per heavy atom. The summed E-state index contributed by atoms with van der Waals surface area (Å²) in [7, 11) is 0. The van der Waals surface area contributed by atoms with Crippen LogP contribution in [0, 0.1) is 5.92 Å². The predicted octanol–water partition coefficient (Wildman–Crippen LogP) is 2.07. The topological polar surface area (TPSA) is 50.8 Å². The molecule has 5 nitrogen and oxygen atoms in total. The third-order valence-electron chi connectivity index (χ3n) is 4.94. The average molecular weight is 332 g/mol. The molecule has 0 spiro atoms. The third kappa shape index (κ3) is 4.95. The number of carbonyl (C=O) groups is 1. The molecule has 132 valence electrons. The second-order valence-electron chi connectivity index (χ2n) is 6.63. The molecule has 1 N–H and O–H groups in total. The van der Waals surface area contributed by atoms with Crippen LogP contribution in [0.5, 0.6) is 5.75 Å². The van der Waals surface area contributed by atoms with E-state index in [1.54, 1.807) is 0 Å². The summed E-state index contributed by atoms with van der Waals surface area (Å²) in [5.41, 5.74) is 0. The summed E-state index contributed by atoms with van der Waals surface area (Å²) in [5.74, 6) is 1.12. The van der Waals surface area contributed by atoms with Crippen molar-refractivity contribution >= 4 is 5.91 Å². The highest BCUT2D eigenvalue weighted by Crippen LogP contribution is 2.23. The lowest BCUT2D eigenvalue weighted by Gasteiger charge is -2.39. The molecule has 0 bridgehead atoms. The van der Waals surface area contributed by atoms with Crippen molar-refractivity contribution in [1.29, 1.82) is 0 Å². The number of hydrogen-bond donors (Lipinski definition) is 1. The number of amides is 1. The number of carbonyl (C=O) groups excluding carboxylic acids is 1. The van der Waals surface area contributed by atoms with E-state index in [0.717, 1.165) is 57.7 Å². The van der Waals surface area contributed by atoms with Crippen molar-refractivity contribution < 1.29 is 14.3 Å². The molecule has 1 amide bonds. The summed E-state index contributed by atoms with van der Waals surface area (Å²) in [6, 6.07) is 10.3. The molecule has 1 aromatic carbocycles.